The first-order chi connectivity index (χ1) is 11.8. The van der Waals surface area contributed by atoms with Crippen LogP contribution in [0.5, 0.6) is 5.75 Å². The minimum Gasteiger partial charge on any atom is -0.496 e. The number of ether oxygens (including phenoxy) is 1. The third-order valence-electron chi connectivity index (χ3n) is 4.79. The van der Waals surface area contributed by atoms with Crippen molar-refractivity contribution in [2.75, 3.05) is 13.7 Å². The molecule has 3 aromatic carbocycles. The van der Waals surface area contributed by atoms with Gasteiger partial charge in [-0.05, 0) is 52.9 Å². The van der Waals surface area contributed by atoms with Gasteiger partial charge in [0.05, 0.1) is 7.11 Å². The fraction of sp³-hybridized carbons (Fsp3) is 0.273. The number of hydrogen-bond donors (Lipinski definition) is 1. The summed E-state index contributed by atoms with van der Waals surface area (Å²) < 4.78 is 5.45. The van der Waals surface area contributed by atoms with E-state index < -0.39 is 0 Å². The molecule has 24 heavy (non-hydrogen) atoms. The average Bonchev–Trinajstić information content (AvgIpc) is 2.65. The van der Waals surface area contributed by atoms with Gasteiger partial charge < -0.3 is 10.5 Å². The first kappa shape index (κ1) is 16.5. The van der Waals surface area contributed by atoms with Crippen molar-refractivity contribution in [1.82, 2.24) is 0 Å². The highest BCUT2D eigenvalue weighted by atomic mass is 16.5. The molecule has 0 aromatic heterocycles. The lowest BCUT2D eigenvalue weighted by molar-refractivity contribution is 0.410. The molecule has 0 heterocycles. The number of nitrogens with two attached hydrogens (primary N) is 1. The van der Waals surface area contributed by atoms with Crippen LogP contribution in [-0.2, 0) is 12.8 Å². The SMILES string of the molecule is CCc1cc(C(CN)Cc2cccc3ccccc23)ccc1OC. The lowest BCUT2D eigenvalue weighted by Gasteiger charge is -2.19. The molecule has 2 nitrogen and oxygen atoms in total. The van der Waals surface area contributed by atoms with Gasteiger partial charge in [0.15, 0.2) is 0 Å². The summed E-state index contributed by atoms with van der Waals surface area (Å²) in [6.45, 7) is 2.79. The molecule has 0 fully saturated rings. The zero-order valence-corrected chi connectivity index (χ0v) is 14.5. The molecule has 1 atom stereocenters. The lowest BCUT2D eigenvalue weighted by atomic mass is 9.88. The normalized spacial score (nSPS) is 12.3. The highest BCUT2D eigenvalue weighted by Crippen LogP contribution is 2.29. The fourth-order valence-corrected chi connectivity index (χ4v) is 3.40. The number of fused-ring (bicyclic) bond motifs is 1. The van der Waals surface area contributed by atoms with Crippen LogP contribution in [0.1, 0.15) is 29.5 Å². The number of benzene rings is 3. The Bertz CT molecular complexity index is 820. The first-order valence-corrected chi connectivity index (χ1v) is 8.60. The van der Waals surface area contributed by atoms with Crippen LogP contribution in [-0.4, -0.2) is 13.7 Å². The standard InChI is InChI=1S/C22H25NO/c1-3-16-13-18(11-12-22(16)24-2)20(15-23)14-19-9-6-8-17-7-4-5-10-21(17)19/h4-13,20H,3,14-15,23H2,1-2H3. The predicted molar refractivity (Wildman–Crippen MR) is 102 cm³/mol. The van der Waals surface area contributed by atoms with E-state index in [1.165, 1.54) is 27.5 Å². The average molecular weight is 319 g/mol. The van der Waals surface area contributed by atoms with Crippen LogP contribution in [0.15, 0.2) is 60.7 Å². The zero-order valence-electron chi connectivity index (χ0n) is 14.5. The van der Waals surface area contributed by atoms with Crippen molar-refractivity contribution < 1.29 is 4.74 Å². The van der Waals surface area contributed by atoms with Gasteiger partial charge in [-0.25, -0.2) is 0 Å². The molecule has 0 aliphatic heterocycles. The molecule has 0 bridgehead atoms. The van der Waals surface area contributed by atoms with Crippen molar-refractivity contribution in [3.8, 4) is 5.75 Å². The number of methoxy groups -OCH3 is 1. The Labute approximate surface area is 144 Å². The number of rotatable bonds is 6. The third kappa shape index (κ3) is 3.29. The molecule has 0 aliphatic carbocycles. The Morgan fingerprint density at radius 2 is 1.75 bits per heavy atom. The minimum absolute atomic E-state index is 0.312. The topological polar surface area (TPSA) is 35.2 Å². The van der Waals surface area contributed by atoms with Crippen LogP contribution in [0.2, 0.25) is 0 Å². The van der Waals surface area contributed by atoms with Crippen LogP contribution in [0, 0.1) is 0 Å². The molecule has 2 N–H and O–H groups in total. The Hall–Kier alpha value is -2.32. The Morgan fingerprint density at radius 1 is 0.958 bits per heavy atom. The van der Waals surface area contributed by atoms with Crippen molar-refractivity contribution >= 4 is 10.8 Å². The van der Waals surface area contributed by atoms with E-state index in [-0.39, 0.29) is 0 Å². The van der Waals surface area contributed by atoms with Crippen LogP contribution >= 0.6 is 0 Å². The van der Waals surface area contributed by atoms with E-state index in [9.17, 15) is 0 Å². The van der Waals surface area contributed by atoms with E-state index in [0.717, 1.165) is 18.6 Å². The Balaban J connectivity index is 1.94. The zero-order chi connectivity index (χ0) is 16.9. The van der Waals surface area contributed by atoms with Gasteiger partial charge in [0, 0.05) is 5.92 Å². The highest BCUT2D eigenvalue weighted by Gasteiger charge is 2.14. The van der Waals surface area contributed by atoms with Crippen molar-refractivity contribution in [3.63, 3.8) is 0 Å². The second kappa shape index (κ2) is 7.50. The molecule has 3 aromatic rings. The van der Waals surface area contributed by atoms with Crippen molar-refractivity contribution in [1.29, 1.82) is 0 Å². The highest BCUT2D eigenvalue weighted by molar-refractivity contribution is 5.85. The lowest BCUT2D eigenvalue weighted by Crippen LogP contribution is -2.15. The minimum atomic E-state index is 0.312. The summed E-state index contributed by atoms with van der Waals surface area (Å²) in [6, 6.07) is 21.5. The summed E-state index contributed by atoms with van der Waals surface area (Å²) in [5.41, 5.74) is 10.0. The quantitative estimate of drug-likeness (QED) is 0.715. The summed E-state index contributed by atoms with van der Waals surface area (Å²) >= 11 is 0. The van der Waals surface area contributed by atoms with Crippen LogP contribution in [0.4, 0.5) is 0 Å². The van der Waals surface area contributed by atoms with Crippen LogP contribution in [0.3, 0.4) is 0 Å². The molecule has 3 rings (SSSR count). The van der Waals surface area contributed by atoms with E-state index in [0.29, 0.717) is 12.5 Å². The van der Waals surface area contributed by atoms with Crippen LogP contribution in [0.25, 0.3) is 10.8 Å². The maximum absolute atomic E-state index is 6.13. The van der Waals surface area contributed by atoms with E-state index in [4.69, 9.17) is 10.5 Å². The summed E-state index contributed by atoms with van der Waals surface area (Å²) in [5, 5.41) is 2.61. The second-order valence-electron chi connectivity index (χ2n) is 6.20. The fourth-order valence-electron chi connectivity index (χ4n) is 3.40. The number of hydrogen-bond acceptors (Lipinski definition) is 2. The van der Waals surface area contributed by atoms with E-state index in [2.05, 4.69) is 67.6 Å². The summed E-state index contributed by atoms with van der Waals surface area (Å²) in [4.78, 5) is 0. The summed E-state index contributed by atoms with van der Waals surface area (Å²) in [6.07, 6.45) is 1.91. The largest absolute Gasteiger partial charge is 0.496 e. The van der Waals surface area contributed by atoms with Gasteiger partial charge in [0.1, 0.15) is 5.75 Å². The predicted octanol–water partition coefficient (Wildman–Crippen LogP) is 4.70. The Kier molecular flexibility index (Phi) is 5.17. The van der Waals surface area contributed by atoms with Crippen molar-refractivity contribution in [2.45, 2.75) is 25.7 Å². The molecule has 1 unspecified atom stereocenters. The van der Waals surface area contributed by atoms with Gasteiger partial charge in [-0.1, -0.05) is 61.5 Å². The van der Waals surface area contributed by atoms with Gasteiger partial charge in [0.2, 0.25) is 0 Å². The molecule has 0 spiro atoms. The molecule has 0 aliphatic rings. The Morgan fingerprint density at radius 3 is 2.50 bits per heavy atom. The van der Waals surface area contributed by atoms with Crippen molar-refractivity contribution in [2.24, 2.45) is 5.73 Å². The molecular weight excluding hydrogens is 294 g/mol. The van der Waals surface area contributed by atoms with E-state index >= 15 is 0 Å². The monoisotopic (exact) mass is 319 g/mol. The molecule has 0 saturated heterocycles. The van der Waals surface area contributed by atoms with Crippen LogP contribution < -0.4 is 10.5 Å². The first-order valence-electron chi connectivity index (χ1n) is 8.60. The van der Waals surface area contributed by atoms with Gasteiger partial charge >= 0.3 is 0 Å². The van der Waals surface area contributed by atoms with Gasteiger partial charge in [-0.15, -0.1) is 0 Å². The van der Waals surface area contributed by atoms with E-state index in [1.54, 1.807) is 7.11 Å². The van der Waals surface area contributed by atoms with Crippen molar-refractivity contribution in [3.05, 3.63) is 77.4 Å². The summed E-state index contributed by atoms with van der Waals surface area (Å²) in [5.74, 6) is 1.27. The molecule has 0 radical (unpaired) electrons. The molecular formula is C22H25NO. The van der Waals surface area contributed by atoms with Gasteiger partial charge in [-0.2, -0.15) is 0 Å². The molecule has 2 heteroatoms. The molecule has 124 valence electrons. The molecule has 0 saturated carbocycles. The van der Waals surface area contributed by atoms with Gasteiger partial charge in [-0.3, -0.25) is 0 Å². The smallest absolute Gasteiger partial charge is 0.122 e. The number of aryl methyl sites for hydroxylation is 1. The van der Waals surface area contributed by atoms with E-state index in [1.807, 2.05) is 0 Å². The molecule has 0 amide bonds. The third-order valence-corrected chi connectivity index (χ3v) is 4.79. The van der Waals surface area contributed by atoms with Gasteiger partial charge in [0.25, 0.3) is 0 Å². The maximum Gasteiger partial charge on any atom is 0.122 e. The summed E-state index contributed by atoms with van der Waals surface area (Å²) in [7, 11) is 1.73. The maximum atomic E-state index is 6.13. The second-order valence-corrected chi connectivity index (χ2v) is 6.20.